The number of carbonyl (C=O) groups is 4. The predicted molar refractivity (Wildman–Crippen MR) is 198 cm³/mol. The summed E-state index contributed by atoms with van der Waals surface area (Å²) in [6, 6.07) is 2.79. The minimum absolute atomic E-state index is 0.0188. The highest BCUT2D eigenvalue weighted by molar-refractivity contribution is 7.14. The lowest BCUT2D eigenvalue weighted by atomic mass is 10.1. The summed E-state index contributed by atoms with van der Waals surface area (Å²) in [5.41, 5.74) is 1.51. The van der Waals surface area contributed by atoms with E-state index in [1.54, 1.807) is 27.1 Å². The number of aromatic nitrogens is 2. The smallest absolute Gasteiger partial charge is 0.330 e. The first-order chi connectivity index (χ1) is 24.9. The number of methoxy groups -OCH3 is 1. The Morgan fingerprint density at radius 2 is 1.88 bits per heavy atom. The molecule has 0 radical (unpaired) electrons. The zero-order valence-corrected chi connectivity index (χ0v) is 30.6. The van der Waals surface area contributed by atoms with Gasteiger partial charge in [-0.2, -0.15) is 0 Å². The molecule has 5 N–H and O–H groups in total. The second-order valence-electron chi connectivity index (χ2n) is 13.8. The molecule has 0 bridgehead atoms. The van der Waals surface area contributed by atoms with E-state index in [2.05, 4.69) is 39.4 Å². The third kappa shape index (κ3) is 7.27. The van der Waals surface area contributed by atoms with Crippen LogP contribution in [-0.4, -0.2) is 94.3 Å². The largest absolute Gasteiger partial charge is 0.496 e. The van der Waals surface area contributed by atoms with Crippen LogP contribution in [0.3, 0.4) is 0 Å². The van der Waals surface area contributed by atoms with Crippen molar-refractivity contribution in [2.45, 2.75) is 82.1 Å². The molecule has 6 rings (SSSR count). The zero-order chi connectivity index (χ0) is 37.3. The molecule has 1 aliphatic heterocycles. The Balaban J connectivity index is 1.33. The van der Waals surface area contributed by atoms with Gasteiger partial charge in [0.05, 0.1) is 24.9 Å². The van der Waals surface area contributed by atoms with E-state index in [0.717, 1.165) is 31.2 Å². The summed E-state index contributed by atoms with van der Waals surface area (Å²) in [5, 5.41) is 24.8. The molecular formula is C37H45N7O7S. The maximum atomic E-state index is 14.3. The summed E-state index contributed by atoms with van der Waals surface area (Å²) in [7, 11) is 3.37. The van der Waals surface area contributed by atoms with Crippen molar-refractivity contribution < 1.29 is 33.8 Å². The van der Waals surface area contributed by atoms with Crippen LogP contribution in [0.5, 0.6) is 11.5 Å². The van der Waals surface area contributed by atoms with Gasteiger partial charge in [0.1, 0.15) is 40.9 Å². The Bertz CT molecular complexity index is 1920. The van der Waals surface area contributed by atoms with Crippen LogP contribution in [0.25, 0.3) is 22.3 Å². The van der Waals surface area contributed by atoms with Crippen LogP contribution in [-0.2, 0) is 14.4 Å². The first-order valence-electron chi connectivity index (χ1n) is 17.4. The number of hydrogen-bond acceptors (Lipinski definition) is 10. The number of pyridine rings is 1. The number of nitrogens with one attached hydrogen (secondary N) is 4. The van der Waals surface area contributed by atoms with E-state index in [0.29, 0.717) is 44.5 Å². The number of nitrogens with zero attached hydrogens (tertiary/aromatic N) is 3. The Hall–Kier alpha value is -5.18. The first kappa shape index (κ1) is 36.6. The van der Waals surface area contributed by atoms with Crippen LogP contribution in [0, 0.1) is 12.8 Å². The van der Waals surface area contributed by atoms with E-state index in [4.69, 9.17) is 14.5 Å². The highest BCUT2D eigenvalue weighted by atomic mass is 32.1. The number of hydrogen-bond donors (Lipinski definition) is 5. The molecule has 15 heteroatoms. The molecule has 3 fully saturated rings. The molecule has 3 aromatic rings. The molecule has 5 atom stereocenters. The van der Waals surface area contributed by atoms with Gasteiger partial charge in [-0.25, -0.2) is 19.6 Å². The van der Waals surface area contributed by atoms with Gasteiger partial charge >= 0.3 is 12.0 Å². The number of aliphatic carboxylic acids is 1. The van der Waals surface area contributed by atoms with Gasteiger partial charge in [0, 0.05) is 48.3 Å². The van der Waals surface area contributed by atoms with E-state index in [9.17, 15) is 24.3 Å². The number of likely N-dealkylation sites (tertiary alicyclic amines) is 1. The van der Waals surface area contributed by atoms with Gasteiger partial charge < -0.3 is 40.7 Å². The molecule has 0 unspecified atom stereocenters. The number of benzene rings is 1. The van der Waals surface area contributed by atoms with Crippen LogP contribution in [0.1, 0.15) is 51.0 Å². The number of ether oxygens (including phenoxy) is 2. The first-order valence-corrected chi connectivity index (χ1v) is 18.3. The van der Waals surface area contributed by atoms with Crippen LogP contribution in [0.15, 0.2) is 48.4 Å². The normalized spacial score (nSPS) is 23.1. The number of carboxylic acids is 1. The fourth-order valence-corrected chi connectivity index (χ4v) is 7.81. The number of carbonyl (C=O) groups excluding carboxylic acids is 3. The van der Waals surface area contributed by atoms with Crippen molar-refractivity contribution in [3.63, 3.8) is 0 Å². The van der Waals surface area contributed by atoms with Crippen LogP contribution >= 0.6 is 11.3 Å². The van der Waals surface area contributed by atoms with E-state index >= 15 is 0 Å². The predicted octanol–water partition coefficient (Wildman–Crippen LogP) is 4.40. The summed E-state index contributed by atoms with van der Waals surface area (Å²) in [6.07, 6.45) is 4.82. The maximum absolute atomic E-state index is 14.3. The van der Waals surface area contributed by atoms with Crippen molar-refractivity contribution in [2.75, 3.05) is 26.0 Å². The highest BCUT2D eigenvalue weighted by Gasteiger charge is 2.61. The highest BCUT2D eigenvalue weighted by Crippen LogP contribution is 2.45. The maximum Gasteiger partial charge on any atom is 0.330 e. The van der Waals surface area contributed by atoms with Gasteiger partial charge in [0.25, 0.3) is 0 Å². The molecule has 52 heavy (non-hydrogen) atoms. The Kier molecular flexibility index (Phi) is 10.4. The standard InChI is InChI=1S/C37H45N7O7S/c1-7-21-16-37(21,34(47)48)43-32(45)28-13-23(17-44(28)33(46)31(19(2)3)42-35(49)39-22-10-8-9-11-22)51-30-15-26(27-18-52-36(38-5)41-27)40-25-14-29(50-6)20(4)12-24(25)30/h7,12,14-15,18,21-23,28,31H,1-2,8-11,13,16-17H2,3-6H3,(H,38,41)(H,43,45)(H,47,48)(H2,39,42,49)/t21-,23-,28+,31+,37-/m1/s1. The number of amides is 4. The third-order valence-electron chi connectivity index (χ3n) is 10.1. The fraction of sp³-hybridized carbons (Fsp3) is 0.459. The number of anilines is 1. The summed E-state index contributed by atoms with van der Waals surface area (Å²) in [4.78, 5) is 64.5. The lowest BCUT2D eigenvalue weighted by Gasteiger charge is -2.30. The minimum Gasteiger partial charge on any atom is -0.496 e. The lowest BCUT2D eigenvalue weighted by Crippen LogP contribution is -2.57. The van der Waals surface area contributed by atoms with E-state index in [1.165, 1.54) is 22.3 Å². The van der Waals surface area contributed by atoms with E-state index in [1.807, 2.05) is 24.4 Å². The fourth-order valence-electron chi connectivity index (χ4n) is 7.15. The number of thiazole rings is 1. The van der Waals surface area contributed by atoms with Crippen molar-refractivity contribution in [3.8, 4) is 22.9 Å². The summed E-state index contributed by atoms with van der Waals surface area (Å²) < 4.78 is 12.2. The number of urea groups is 1. The molecule has 14 nitrogen and oxygen atoms in total. The van der Waals surface area contributed by atoms with Gasteiger partial charge in [-0.3, -0.25) is 9.59 Å². The van der Waals surface area contributed by atoms with Crippen LogP contribution < -0.4 is 30.7 Å². The van der Waals surface area contributed by atoms with Gasteiger partial charge in [0.15, 0.2) is 5.13 Å². The molecule has 1 saturated heterocycles. The van der Waals surface area contributed by atoms with Gasteiger partial charge in [-0.15, -0.1) is 17.9 Å². The van der Waals surface area contributed by atoms with Crippen molar-refractivity contribution in [1.82, 2.24) is 30.8 Å². The molecule has 2 aromatic heterocycles. The molecule has 0 spiro atoms. The summed E-state index contributed by atoms with van der Waals surface area (Å²) in [6.45, 7) is 11.2. The molecule has 3 heterocycles. The van der Waals surface area contributed by atoms with Crippen LogP contribution in [0.2, 0.25) is 0 Å². The van der Waals surface area contributed by atoms with Crippen molar-refractivity contribution in [3.05, 3.63) is 53.9 Å². The molecule has 4 amide bonds. The summed E-state index contributed by atoms with van der Waals surface area (Å²) >= 11 is 1.43. The van der Waals surface area contributed by atoms with Gasteiger partial charge in [-0.1, -0.05) is 25.5 Å². The zero-order valence-electron chi connectivity index (χ0n) is 29.8. The monoisotopic (exact) mass is 731 g/mol. The topological polar surface area (TPSA) is 184 Å². The Morgan fingerprint density at radius 1 is 1.13 bits per heavy atom. The molecule has 2 aliphatic carbocycles. The number of rotatable bonds is 13. The third-order valence-corrected chi connectivity index (χ3v) is 11.0. The molecule has 276 valence electrons. The summed E-state index contributed by atoms with van der Waals surface area (Å²) in [5.74, 6) is -1.71. The second-order valence-corrected chi connectivity index (χ2v) is 14.7. The Labute approximate surface area is 306 Å². The quantitative estimate of drug-likeness (QED) is 0.158. The van der Waals surface area contributed by atoms with Crippen molar-refractivity contribution in [1.29, 1.82) is 0 Å². The van der Waals surface area contributed by atoms with E-state index in [-0.39, 0.29) is 25.4 Å². The number of aryl methyl sites for hydroxylation is 1. The molecule has 2 saturated carbocycles. The SMILES string of the molecule is C=C[C@@H]1C[C@]1(NC(=O)[C@@H]1C[C@@H](Oc2cc(-c3csc(NC)n3)nc3cc(OC)c(C)cc23)CN1C(=O)[C@@H](NC(=O)NC1CCCC1)C(=C)C)C(=O)O. The molecular weight excluding hydrogens is 687 g/mol. The number of fused-ring (bicyclic) bond motifs is 1. The molecule has 3 aliphatic rings. The Morgan fingerprint density at radius 3 is 2.50 bits per heavy atom. The molecule has 1 aromatic carbocycles. The number of carboxylic acid groups (broad SMARTS) is 1. The lowest BCUT2D eigenvalue weighted by molar-refractivity contribution is -0.145. The van der Waals surface area contributed by atoms with Gasteiger partial charge in [0.2, 0.25) is 11.8 Å². The van der Waals surface area contributed by atoms with Crippen molar-refractivity contribution in [2.24, 2.45) is 5.92 Å². The average molecular weight is 732 g/mol. The van der Waals surface area contributed by atoms with E-state index < -0.39 is 53.5 Å². The van der Waals surface area contributed by atoms with Gasteiger partial charge in [-0.05, 0) is 50.3 Å². The van der Waals surface area contributed by atoms with Crippen molar-refractivity contribution >= 4 is 51.2 Å². The minimum atomic E-state index is -1.51. The second kappa shape index (κ2) is 14.8. The van der Waals surface area contributed by atoms with Crippen LogP contribution in [0.4, 0.5) is 9.93 Å². The average Bonchev–Trinajstić information content (AvgIpc) is 3.55.